The number of nitrogens with two attached hydrogens (primary N) is 1. The van der Waals surface area contributed by atoms with Crippen molar-refractivity contribution in [3.05, 3.63) is 82.0 Å². The molecular formula is C27H29ClN8O2. The Morgan fingerprint density at radius 1 is 1.24 bits per heavy atom. The standard InChI is InChI=1S/C27H29ClN8O2/c1-15-6-5-7-23(32-15)16(2)33-25(37)17(3)36-14-19-9-8-18(10-21(19)26(36)38)24-22(28)13-31-27(35-24)34-20(11-29)12-30-4/h5-13,16-17H,14,29H2,1-4H3,(H,33,37)(H,31,34,35)/t16-,17-/m1/s1. The summed E-state index contributed by atoms with van der Waals surface area (Å²) in [4.78, 5) is 45.0. The third kappa shape index (κ3) is 5.65. The van der Waals surface area contributed by atoms with Gasteiger partial charge in [0.2, 0.25) is 11.9 Å². The molecule has 2 amide bonds. The quantitative estimate of drug-likeness (QED) is 0.376. The van der Waals surface area contributed by atoms with Gasteiger partial charge in [-0.25, -0.2) is 9.97 Å². The second-order valence-corrected chi connectivity index (χ2v) is 9.35. The predicted octanol–water partition coefficient (Wildman–Crippen LogP) is 3.63. The minimum atomic E-state index is -0.675. The molecule has 0 bridgehead atoms. The number of nitrogens with one attached hydrogen (secondary N) is 2. The number of anilines is 1. The summed E-state index contributed by atoms with van der Waals surface area (Å²) in [5.41, 5.74) is 10.2. The van der Waals surface area contributed by atoms with Crippen LogP contribution in [0.1, 0.15) is 47.2 Å². The Balaban J connectivity index is 1.52. The largest absolute Gasteiger partial charge is 0.403 e. The van der Waals surface area contributed by atoms with Crippen molar-refractivity contribution in [1.29, 1.82) is 0 Å². The minimum Gasteiger partial charge on any atom is -0.403 e. The zero-order valence-corrected chi connectivity index (χ0v) is 22.3. The van der Waals surface area contributed by atoms with Gasteiger partial charge in [0.1, 0.15) is 6.04 Å². The van der Waals surface area contributed by atoms with Crippen LogP contribution in [0.25, 0.3) is 11.3 Å². The van der Waals surface area contributed by atoms with Crippen LogP contribution < -0.4 is 16.4 Å². The number of rotatable bonds is 8. The average molecular weight is 533 g/mol. The van der Waals surface area contributed by atoms with Crippen LogP contribution in [0.4, 0.5) is 5.95 Å². The van der Waals surface area contributed by atoms with E-state index in [1.165, 1.54) is 18.6 Å². The maximum absolute atomic E-state index is 13.4. The normalized spacial score (nSPS) is 14.9. The van der Waals surface area contributed by atoms with E-state index in [0.717, 1.165) is 17.0 Å². The van der Waals surface area contributed by atoms with Gasteiger partial charge in [0.15, 0.2) is 0 Å². The lowest BCUT2D eigenvalue weighted by molar-refractivity contribution is -0.125. The van der Waals surface area contributed by atoms with Crippen LogP contribution in [0.15, 0.2) is 59.5 Å². The molecule has 0 unspecified atom stereocenters. The highest BCUT2D eigenvalue weighted by Crippen LogP contribution is 2.32. The van der Waals surface area contributed by atoms with Gasteiger partial charge in [0, 0.05) is 42.8 Å². The summed E-state index contributed by atoms with van der Waals surface area (Å²) < 4.78 is 0. The summed E-state index contributed by atoms with van der Waals surface area (Å²) in [6, 6.07) is 10.1. The van der Waals surface area contributed by atoms with Gasteiger partial charge >= 0.3 is 0 Å². The van der Waals surface area contributed by atoms with Gasteiger partial charge in [0.05, 0.1) is 34.3 Å². The first-order valence-electron chi connectivity index (χ1n) is 12.0. The lowest BCUT2D eigenvalue weighted by Crippen LogP contribution is -2.46. The molecule has 0 saturated heterocycles. The smallest absolute Gasteiger partial charge is 0.255 e. The number of carbonyl (C=O) groups excluding carboxylic acids is 2. The molecule has 3 heterocycles. The summed E-state index contributed by atoms with van der Waals surface area (Å²) in [5, 5.41) is 6.27. The number of aryl methyl sites for hydroxylation is 1. The maximum atomic E-state index is 13.4. The Labute approximate surface area is 226 Å². The third-order valence-electron chi connectivity index (χ3n) is 6.22. The Hall–Kier alpha value is -4.31. The summed E-state index contributed by atoms with van der Waals surface area (Å²) >= 11 is 6.41. The van der Waals surface area contributed by atoms with Crippen molar-refractivity contribution in [1.82, 2.24) is 25.2 Å². The fourth-order valence-electron chi connectivity index (χ4n) is 4.15. The van der Waals surface area contributed by atoms with Crippen molar-refractivity contribution >= 4 is 35.6 Å². The Bertz CT molecular complexity index is 1440. The number of benzene rings is 1. The Morgan fingerprint density at radius 3 is 2.74 bits per heavy atom. The summed E-state index contributed by atoms with van der Waals surface area (Å²) in [5.74, 6) is -0.213. The number of amides is 2. The number of fused-ring (bicyclic) bond motifs is 1. The number of nitrogens with zero attached hydrogens (tertiary/aromatic N) is 5. The fourth-order valence-corrected chi connectivity index (χ4v) is 4.35. The van der Waals surface area contributed by atoms with E-state index in [9.17, 15) is 9.59 Å². The lowest BCUT2D eigenvalue weighted by Gasteiger charge is -2.25. The molecule has 10 nitrogen and oxygen atoms in total. The zero-order valence-electron chi connectivity index (χ0n) is 21.6. The van der Waals surface area contributed by atoms with E-state index in [1.54, 1.807) is 24.9 Å². The first kappa shape index (κ1) is 26.7. The summed E-state index contributed by atoms with van der Waals surface area (Å²) in [7, 11) is 1.62. The van der Waals surface area contributed by atoms with Crippen LogP contribution in [-0.2, 0) is 11.3 Å². The molecule has 1 aromatic carbocycles. The number of pyridine rings is 1. The highest BCUT2D eigenvalue weighted by molar-refractivity contribution is 6.33. The molecule has 2 aromatic heterocycles. The van der Waals surface area contributed by atoms with Crippen LogP contribution in [0.5, 0.6) is 0 Å². The van der Waals surface area contributed by atoms with E-state index in [2.05, 4.69) is 30.6 Å². The molecular weight excluding hydrogens is 504 g/mol. The molecule has 1 aliphatic heterocycles. The molecule has 38 heavy (non-hydrogen) atoms. The molecule has 4 N–H and O–H groups in total. The van der Waals surface area contributed by atoms with Gasteiger partial charge in [-0.2, -0.15) is 0 Å². The van der Waals surface area contributed by atoms with Crippen LogP contribution in [0.3, 0.4) is 0 Å². The summed E-state index contributed by atoms with van der Waals surface area (Å²) in [6.45, 7) is 5.81. The van der Waals surface area contributed by atoms with Gasteiger partial charge < -0.3 is 21.3 Å². The molecule has 1 aliphatic rings. The second kappa shape index (κ2) is 11.4. The van der Waals surface area contributed by atoms with Gasteiger partial charge in [-0.3, -0.25) is 19.6 Å². The minimum absolute atomic E-state index is 0.234. The number of carbonyl (C=O) groups is 2. The number of aromatic nitrogens is 3. The molecule has 11 heteroatoms. The number of halogens is 1. The van der Waals surface area contributed by atoms with Crippen molar-refractivity contribution in [2.24, 2.45) is 10.7 Å². The van der Waals surface area contributed by atoms with Crippen LogP contribution in [0.2, 0.25) is 5.02 Å². The molecule has 196 valence electrons. The highest BCUT2D eigenvalue weighted by Gasteiger charge is 2.34. The van der Waals surface area contributed by atoms with Crippen molar-refractivity contribution in [3.8, 4) is 11.3 Å². The van der Waals surface area contributed by atoms with Gasteiger partial charge in [-0.15, -0.1) is 0 Å². The Kier molecular flexibility index (Phi) is 8.02. The number of hydrogen-bond donors (Lipinski definition) is 3. The Morgan fingerprint density at radius 2 is 2.03 bits per heavy atom. The summed E-state index contributed by atoms with van der Waals surface area (Å²) in [6.07, 6.45) is 4.36. The van der Waals surface area contributed by atoms with Crippen molar-refractivity contribution in [2.75, 3.05) is 12.4 Å². The van der Waals surface area contributed by atoms with Gasteiger partial charge in [0.25, 0.3) is 5.91 Å². The van der Waals surface area contributed by atoms with Crippen LogP contribution in [0, 0.1) is 6.92 Å². The van der Waals surface area contributed by atoms with Crippen LogP contribution >= 0.6 is 11.6 Å². The SMILES string of the molecule is CN=CC(=CN)Nc1ncc(Cl)c(-c2ccc3c(c2)C(=O)N([C@H](C)C(=O)N[C@H](C)c2cccc(C)n2)C3)n1. The lowest BCUT2D eigenvalue weighted by atomic mass is 10.0. The zero-order chi connectivity index (χ0) is 27.4. The van der Waals surface area contributed by atoms with Crippen molar-refractivity contribution < 1.29 is 9.59 Å². The molecule has 0 radical (unpaired) electrons. The van der Waals surface area contributed by atoms with E-state index in [4.69, 9.17) is 17.3 Å². The monoisotopic (exact) mass is 532 g/mol. The molecule has 3 aromatic rings. The average Bonchev–Trinajstić information content (AvgIpc) is 3.24. The molecule has 0 fully saturated rings. The topological polar surface area (TPSA) is 138 Å². The second-order valence-electron chi connectivity index (χ2n) is 8.94. The molecule has 0 saturated carbocycles. The van der Waals surface area contributed by atoms with E-state index >= 15 is 0 Å². The predicted molar refractivity (Wildman–Crippen MR) is 148 cm³/mol. The van der Waals surface area contributed by atoms with Crippen molar-refractivity contribution in [2.45, 2.75) is 39.4 Å². The molecule has 2 atom stereocenters. The van der Waals surface area contributed by atoms with E-state index in [0.29, 0.717) is 34.1 Å². The van der Waals surface area contributed by atoms with Gasteiger partial charge in [-0.1, -0.05) is 29.8 Å². The van der Waals surface area contributed by atoms with Crippen LogP contribution in [-0.4, -0.2) is 51.0 Å². The first-order valence-corrected chi connectivity index (χ1v) is 12.4. The van der Waals surface area contributed by atoms with Gasteiger partial charge in [-0.05, 0) is 44.5 Å². The molecule has 4 rings (SSSR count). The van der Waals surface area contributed by atoms with E-state index < -0.39 is 6.04 Å². The van der Waals surface area contributed by atoms with Crippen molar-refractivity contribution in [3.63, 3.8) is 0 Å². The highest BCUT2D eigenvalue weighted by atomic mass is 35.5. The third-order valence-corrected chi connectivity index (χ3v) is 6.50. The van der Waals surface area contributed by atoms with E-state index in [1.807, 2.05) is 44.2 Å². The number of allylic oxidation sites excluding steroid dienone is 1. The number of aliphatic imine (C=N–C) groups is 1. The molecule has 0 aliphatic carbocycles. The molecule has 0 spiro atoms. The maximum Gasteiger partial charge on any atom is 0.255 e. The fraction of sp³-hybridized carbons (Fsp3) is 0.259. The first-order chi connectivity index (χ1) is 18.2. The number of hydrogen-bond acceptors (Lipinski definition) is 8. The van der Waals surface area contributed by atoms with E-state index in [-0.39, 0.29) is 23.8 Å².